The van der Waals surface area contributed by atoms with E-state index in [1.807, 2.05) is 30.3 Å². The molecule has 1 fully saturated rings. The number of fused-ring (bicyclic) bond motifs is 1. The van der Waals surface area contributed by atoms with Gasteiger partial charge in [-0.15, -0.1) is 0 Å². The molecule has 1 saturated carbocycles. The zero-order valence-electron chi connectivity index (χ0n) is 16.2. The summed E-state index contributed by atoms with van der Waals surface area (Å²) in [6, 6.07) is 14.3. The molecule has 5 rings (SSSR count). The standard InChI is InChI=1S/C21H21N5O4/c27-20(23-15-8-9-17-18(12-15)30-13-29-17)22-10-11-25-21(28)26(16-4-2-1-3-5-16)19(24-25)14-6-7-14/h1-5,8-9,12,14H,6-7,10-11,13H2,(H2,22,23,27). The number of carbonyl (C=O) groups is 1. The Labute approximate surface area is 172 Å². The van der Waals surface area contributed by atoms with Crippen molar-refractivity contribution in [1.29, 1.82) is 0 Å². The highest BCUT2D eigenvalue weighted by molar-refractivity contribution is 5.89. The molecule has 2 heterocycles. The Bertz CT molecular complexity index is 1130. The van der Waals surface area contributed by atoms with Gasteiger partial charge in [0, 0.05) is 24.2 Å². The summed E-state index contributed by atoms with van der Waals surface area (Å²) < 4.78 is 13.7. The van der Waals surface area contributed by atoms with Crippen molar-refractivity contribution in [3.05, 3.63) is 64.8 Å². The maximum absolute atomic E-state index is 12.9. The van der Waals surface area contributed by atoms with Crippen LogP contribution in [0.4, 0.5) is 10.5 Å². The van der Waals surface area contributed by atoms with E-state index in [0.717, 1.165) is 24.4 Å². The summed E-state index contributed by atoms with van der Waals surface area (Å²) in [6.45, 7) is 0.733. The molecule has 0 unspecified atom stereocenters. The second-order valence-corrected chi connectivity index (χ2v) is 7.26. The van der Waals surface area contributed by atoms with Crippen LogP contribution in [0.25, 0.3) is 5.69 Å². The zero-order valence-corrected chi connectivity index (χ0v) is 16.2. The third-order valence-corrected chi connectivity index (χ3v) is 5.06. The Morgan fingerprint density at radius 2 is 1.90 bits per heavy atom. The Morgan fingerprint density at radius 3 is 2.70 bits per heavy atom. The fourth-order valence-electron chi connectivity index (χ4n) is 3.42. The first-order valence-electron chi connectivity index (χ1n) is 9.89. The molecule has 2 N–H and O–H groups in total. The fraction of sp³-hybridized carbons (Fsp3) is 0.286. The predicted octanol–water partition coefficient (Wildman–Crippen LogP) is 2.46. The van der Waals surface area contributed by atoms with Crippen LogP contribution in [-0.2, 0) is 6.54 Å². The van der Waals surface area contributed by atoms with Crippen molar-refractivity contribution in [2.75, 3.05) is 18.7 Å². The SMILES string of the molecule is O=C(NCCn1nc(C2CC2)n(-c2ccccc2)c1=O)Nc1ccc2c(c1)OCO2. The van der Waals surface area contributed by atoms with Gasteiger partial charge in [-0.2, -0.15) is 5.10 Å². The Balaban J connectivity index is 1.23. The number of benzene rings is 2. The van der Waals surface area contributed by atoms with Crippen molar-refractivity contribution in [3.8, 4) is 17.2 Å². The molecule has 2 amide bonds. The molecule has 9 nitrogen and oxygen atoms in total. The summed E-state index contributed by atoms with van der Waals surface area (Å²) in [6.07, 6.45) is 2.08. The van der Waals surface area contributed by atoms with Crippen LogP contribution in [0.2, 0.25) is 0 Å². The van der Waals surface area contributed by atoms with Gasteiger partial charge in [-0.1, -0.05) is 18.2 Å². The van der Waals surface area contributed by atoms with Crippen molar-refractivity contribution < 1.29 is 14.3 Å². The van der Waals surface area contributed by atoms with Crippen LogP contribution >= 0.6 is 0 Å². The largest absolute Gasteiger partial charge is 0.454 e. The quantitative estimate of drug-likeness (QED) is 0.654. The third-order valence-electron chi connectivity index (χ3n) is 5.06. The number of nitrogens with one attached hydrogen (secondary N) is 2. The predicted molar refractivity (Wildman–Crippen MR) is 109 cm³/mol. The van der Waals surface area contributed by atoms with E-state index in [2.05, 4.69) is 15.7 Å². The number of para-hydroxylation sites is 1. The summed E-state index contributed by atoms with van der Waals surface area (Å²) in [5.41, 5.74) is 1.21. The van der Waals surface area contributed by atoms with Gasteiger partial charge in [0.25, 0.3) is 0 Å². The van der Waals surface area contributed by atoms with Crippen molar-refractivity contribution in [2.45, 2.75) is 25.3 Å². The van der Waals surface area contributed by atoms with Crippen LogP contribution in [0, 0.1) is 0 Å². The molecular weight excluding hydrogens is 386 g/mol. The highest BCUT2D eigenvalue weighted by Crippen LogP contribution is 2.39. The minimum atomic E-state index is -0.369. The minimum Gasteiger partial charge on any atom is -0.454 e. The third kappa shape index (κ3) is 3.61. The summed E-state index contributed by atoms with van der Waals surface area (Å²) in [5, 5.41) is 10.0. The van der Waals surface area contributed by atoms with Gasteiger partial charge in [0.2, 0.25) is 6.79 Å². The summed E-state index contributed by atoms with van der Waals surface area (Å²) >= 11 is 0. The van der Waals surface area contributed by atoms with E-state index in [9.17, 15) is 9.59 Å². The highest BCUT2D eigenvalue weighted by atomic mass is 16.7. The van der Waals surface area contributed by atoms with Crippen LogP contribution < -0.4 is 25.8 Å². The Hall–Kier alpha value is -3.75. The Kier molecular flexibility index (Phi) is 4.62. The van der Waals surface area contributed by atoms with E-state index in [0.29, 0.717) is 23.1 Å². The van der Waals surface area contributed by atoms with Gasteiger partial charge in [-0.25, -0.2) is 18.8 Å². The second-order valence-electron chi connectivity index (χ2n) is 7.26. The molecule has 0 radical (unpaired) electrons. The molecule has 154 valence electrons. The number of amides is 2. The lowest BCUT2D eigenvalue weighted by Crippen LogP contribution is -2.34. The first-order valence-corrected chi connectivity index (χ1v) is 9.89. The maximum atomic E-state index is 12.9. The molecule has 30 heavy (non-hydrogen) atoms. The van der Waals surface area contributed by atoms with Crippen molar-refractivity contribution in [3.63, 3.8) is 0 Å². The number of anilines is 1. The molecule has 1 aliphatic carbocycles. The number of carbonyl (C=O) groups excluding carboxylic acids is 1. The number of hydrogen-bond acceptors (Lipinski definition) is 5. The van der Waals surface area contributed by atoms with Crippen molar-refractivity contribution >= 4 is 11.7 Å². The molecule has 9 heteroatoms. The smallest absolute Gasteiger partial charge is 0.350 e. The van der Waals surface area contributed by atoms with Gasteiger partial charge >= 0.3 is 11.7 Å². The number of aromatic nitrogens is 3. The van der Waals surface area contributed by atoms with Crippen molar-refractivity contribution in [1.82, 2.24) is 19.7 Å². The van der Waals surface area contributed by atoms with E-state index in [-0.39, 0.29) is 31.6 Å². The molecule has 0 spiro atoms. The van der Waals surface area contributed by atoms with Gasteiger partial charge in [-0.05, 0) is 37.1 Å². The number of ether oxygens (including phenoxy) is 2. The van der Waals surface area contributed by atoms with Gasteiger partial charge < -0.3 is 20.1 Å². The van der Waals surface area contributed by atoms with Crippen LogP contribution in [0.3, 0.4) is 0 Å². The second kappa shape index (κ2) is 7.58. The number of nitrogens with zero attached hydrogens (tertiary/aromatic N) is 3. The average Bonchev–Trinajstić information content (AvgIpc) is 3.41. The number of urea groups is 1. The summed E-state index contributed by atoms with van der Waals surface area (Å²) in [4.78, 5) is 25.1. The summed E-state index contributed by atoms with van der Waals surface area (Å²) in [5.74, 6) is 2.36. The van der Waals surface area contributed by atoms with Crippen LogP contribution in [-0.4, -0.2) is 33.7 Å². The lowest BCUT2D eigenvalue weighted by molar-refractivity contribution is 0.174. The number of rotatable bonds is 6. The molecule has 1 aromatic heterocycles. The van der Waals surface area contributed by atoms with Crippen LogP contribution in [0.15, 0.2) is 53.3 Å². The lowest BCUT2D eigenvalue weighted by Gasteiger charge is -2.08. The van der Waals surface area contributed by atoms with Crippen LogP contribution in [0.5, 0.6) is 11.5 Å². The van der Waals surface area contributed by atoms with Gasteiger partial charge in [0.1, 0.15) is 5.82 Å². The first-order chi connectivity index (χ1) is 14.7. The molecule has 3 aromatic rings. The van der Waals surface area contributed by atoms with E-state index >= 15 is 0 Å². The van der Waals surface area contributed by atoms with E-state index in [4.69, 9.17) is 9.47 Å². The average molecular weight is 407 g/mol. The van der Waals surface area contributed by atoms with Gasteiger partial charge in [0.15, 0.2) is 11.5 Å². The molecule has 0 saturated heterocycles. The van der Waals surface area contributed by atoms with E-state index in [1.165, 1.54) is 4.68 Å². The van der Waals surface area contributed by atoms with Crippen LogP contribution in [0.1, 0.15) is 24.6 Å². The monoisotopic (exact) mass is 407 g/mol. The Morgan fingerprint density at radius 1 is 1.10 bits per heavy atom. The highest BCUT2D eigenvalue weighted by Gasteiger charge is 2.31. The molecular formula is C21H21N5O4. The summed E-state index contributed by atoms with van der Waals surface area (Å²) in [7, 11) is 0. The molecule has 2 aromatic carbocycles. The topological polar surface area (TPSA) is 99.4 Å². The fourth-order valence-corrected chi connectivity index (χ4v) is 3.42. The zero-order chi connectivity index (χ0) is 20.5. The molecule has 1 aliphatic heterocycles. The minimum absolute atomic E-state index is 0.179. The lowest BCUT2D eigenvalue weighted by atomic mass is 10.3. The number of hydrogen-bond donors (Lipinski definition) is 2. The van der Waals surface area contributed by atoms with E-state index < -0.39 is 0 Å². The van der Waals surface area contributed by atoms with Crippen molar-refractivity contribution in [2.24, 2.45) is 0 Å². The van der Waals surface area contributed by atoms with Gasteiger partial charge in [-0.3, -0.25) is 0 Å². The molecule has 0 atom stereocenters. The maximum Gasteiger partial charge on any atom is 0.350 e. The van der Waals surface area contributed by atoms with Gasteiger partial charge in [0.05, 0.1) is 12.2 Å². The first kappa shape index (κ1) is 18.3. The molecule has 0 bridgehead atoms. The normalized spacial score (nSPS) is 14.5. The van der Waals surface area contributed by atoms with E-state index in [1.54, 1.807) is 22.8 Å². The molecule has 2 aliphatic rings.